The number of carbonyl (C=O) groups excluding carboxylic acids is 2. The molecule has 1 aliphatic heterocycles. The van der Waals surface area contributed by atoms with Crippen LogP contribution in [0.25, 0.3) is 0 Å². The van der Waals surface area contributed by atoms with E-state index in [9.17, 15) is 9.59 Å². The molecule has 25 heavy (non-hydrogen) atoms. The van der Waals surface area contributed by atoms with E-state index in [0.29, 0.717) is 24.4 Å². The highest BCUT2D eigenvalue weighted by molar-refractivity contribution is 5.95. The third kappa shape index (κ3) is 5.09. The Bertz CT molecular complexity index is 618. The average Bonchev–Trinajstić information content (AvgIpc) is 2.60. The predicted molar refractivity (Wildman–Crippen MR) is 96.5 cm³/mol. The number of ether oxygens (including phenoxy) is 1. The molecule has 2 atom stereocenters. The van der Waals surface area contributed by atoms with Crippen molar-refractivity contribution in [1.29, 1.82) is 0 Å². The number of amides is 1. The summed E-state index contributed by atoms with van der Waals surface area (Å²) in [6.45, 7) is 10.1. The summed E-state index contributed by atoms with van der Waals surface area (Å²) in [7, 11) is 0. The first kappa shape index (κ1) is 19.5. The van der Waals surface area contributed by atoms with Crippen molar-refractivity contribution in [2.24, 2.45) is 0 Å². The van der Waals surface area contributed by atoms with E-state index in [2.05, 4.69) is 22.1 Å². The monoisotopic (exact) mass is 347 g/mol. The van der Waals surface area contributed by atoms with Crippen LogP contribution in [0, 0.1) is 6.92 Å². The van der Waals surface area contributed by atoms with Crippen LogP contribution in [0.15, 0.2) is 12.1 Å². The van der Waals surface area contributed by atoms with Crippen molar-refractivity contribution < 1.29 is 14.3 Å². The maximum absolute atomic E-state index is 12.6. The highest BCUT2D eigenvalue weighted by Crippen LogP contribution is 2.14. The van der Waals surface area contributed by atoms with Crippen LogP contribution in [-0.2, 0) is 16.1 Å². The number of pyridine rings is 1. The van der Waals surface area contributed by atoms with Gasteiger partial charge < -0.3 is 10.1 Å². The van der Waals surface area contributed by atoms with Gasteiger partial charge in [0, 0.05) is 24.3 Å². The Balaban J connectivity index is 1.95. The molecule has 2 heterocycles. The summed E-state index contributed by atoms with van der Waals surface area (Å²) < 4.78 is 5.69. The minimum Gasteiger partial charge on any atom is -0.376 e. The van der Waals surface area contributed by atoms with E-state index in [0.717, 1.165) is 31.6 Å². The second kappa shape index (κ2) is 9.06. The van der Waals surface area contributed by atoms with Crippen LogP contribution in [0.3, 0.4) is 0 Å². The molecule has 6 heteroatoms. The fraction of sp³-hybridized carbons (Fsp3) is 0.632. The molecule has 0 bridgehead atoms. The fourth-order valence-corrected chi connectivity index (χ4v) is 3.26. The van der Waals surface area contributed by atoms with E-state index < -0.39 is 0 Å². The van der Waals surface area contributed by atoms with Crippen molar-refractivity contribution in [2.75, 3.05) is 19.7 Å². The third-order valence-electron chi connectivity index (χ3n) is 4.72. The Hall–Kier alpha value is -1.79. The number of ketones is 1. The van der Waals surface area contributed by atoms with Crippen LogP contribution in [0.1, 0.15) is 55.4 Å². The lowest BCUT2D eigenvalue weighted by molar-refractivity contribution is -0.130. The number of nitrogens with one attached hydrogen (secondary N) is 1. The van der Waals surface area contributed by atoms with Crippen LogP contribution in [0.4, 0.5) is 0 Å². The molecule has 2 rings (SSSR count). The maximum atomic E-state index is 12.6. The zero-order valence-corrected chi connectivity index (χ0v) is 15.7. The third-order valence-corrected chi connectivity index (χ3v) is 4.72. The molecule has 1 aromatic heterocycles. The first-order valence-electron chi connectivity index (χ1n) is 9.07. The van der Waals surface area contributed by atoms with Crippen molar-refractivity contribution in [3.05, 3.63) is 29.1 Å². The molecule has 0 aromatic carbocycles. The smallest absolute Gasteiger partial charge is 0.237 e. The van der Waals surface area contributed by atoms with E-state index in [1.54, 1.807) is 12.1 Å². The van der Waals surface area contributed by atoms with Gasteiger partial charge in [-0.15, -0.1) is 0 Å². The number of nitrogens with zero attached hydrogens (tertiary/aromatic N) is 2. The molecule has 138 valence electrons. The number of hydrogen-bond donors (Lipinski definition) is 1. The van der Waals surface area contributed by atoms with E-state index in [1.807, 2.05) is 13.8 Å². The Morgan fingerprint density at radius 3 is 2.76 bits per heavy atom. The van der Waals surface area contributed by atoms with E-state index in [4.69, 9.17) is 4.74 Å². The van der Waals surface area contributed by atoms with Crippen molar-refractivity contribution in [2.45, 2.75) is 59.2 Å². The fourth-order valence-electron chi connectivity index (χ4n) is 3.26. The SMILES string of the molecule is CC[C@@H]1CN([C@H](CC)C(=O)NCc2ccc(C(C)=O)c(C)n2)CCO1. The first-order valence-corrected chi connectivity index (χ1v) is 9.07. The summed E-state index contributed by atoms with van der Waals surface area (Å²) in [6, 6.07) is 3.43. The quantitative estimate of drug-likeness (QED) is 0.765. The van der Waals surface area contributed by atoms with Crippen LogP contribution >= 0.6 is 0 Å². The van der Waals surface area contributed by atoms with Gasteiger partial charge >= 0.3 is 0 Å². The molecule has 1 N–H and O–H groups in total. The molecule has 0 radical (unpaired) electrons. The normalized spacial score (nSPS) is 19.4. The number of hydrogen-bond acceptors (Lipinski definition) is 5. The second-order valence-corrected chi connectivity index (χ2v) is 6.53. The molecule has 0 aliphatic carbocycles. The van der Waals surface area contributed by atoms with Gasteiger partial charge in [-0.05, 0) is 38.8 Å². The number of aromatic nitrogens is 1. The highest BCUT2D eigenvalue weighted by atomic mass is 16.5. The molecule has 1 saturated heterocycles. The Morgan fingerprint density at radius 2 is 2.16 bits per heavy atom. The van der Waals surface area contributed by atoms with Gasteiger partial charge in [-0.1, -0.05) is 13.8 Å². The zero-order valence-electron chi connectivity index (χ0n) is 15.7. The molecule has 0 spiro atoms. The van der Waals surface area contributed by atoms with Crippen LogP contribution in [0.2, 0.25) is 0 Å². The van der Waals surface area contributed by atoms with E-state index in [1.165, 1.54) is 6.92 Å². The summed E-state index contributed by atoms with van der Waals surface area (Å²) in [5, 5.41) is 2.99. The minimum atomic E-state index is -0.143. The van der Waals surface area contributed by atoms with Crippen molar-refractivity contribution >= 4 is 11.7 Å². The van der Waals surface area contributed by atoms with Gasteiger partial charge in [0.25, 0.3) is 0 Å². The molecular formula is C19H29N3O3. The largest absolute Gasteiger partial charge is 0.376 e. The summed E-state index contributed by atoms with van der Waals surface area (Å²) in [5.74, 6) is 0.0266. The second-order valence-electron chi connectivity index (χ2n) is 6.53. The summed E-state index contributed by atoms with van der Waals surface area (Å²) in [6.07, 6.45) is 1.93. The number of morpholine rings is 1. The molecular weight excluding hydrogens is 318 g/mol. The van der Waals surface area contributed by atoms with Gasteiger partial charge in [-0.2, -0.15) is 0 Å². The molecule has 1 aromatic rings. The van der Waals surface area contributed by atoms with Crippen molar-refractivity contribution in [3.63, 3.8) is 0 Å². The van der Waals surface area contributed by atoms with E-state index in [-0.39, 0.29) is 23.8 Å². The Morgan fingerprint density at radius 1 is 1.40 bits per heavy atom. The lowest BCUT2D eigenvalue weighted by Gasteiger charge is -2.37. The molecule has 6 nitrogen and oxygen atoms in total. The number of carbonyl (C=O) groups is 2. The van der Waals surface area contributed by atoms with Crippen molar-refractivity contribution in [3.8, 4) is 0 Å². The number of Topliss-reactive ketones (excluding diaryl/α,β-unsaturated/α-hetero) is 1. The van der Waals surface area contributed by atoms with Crippen molar-refractivity contribution in [1.82, 2.24) is 15.2 Å². The molecule has 1 aliphatic rings. The number of rotatable bonds is 7. The van der Waals surface area contributed by atoms with Crippen LogP contribution in [-0.4, -0.2) is 53.4 Å². The van der Waals surface area contributed by atoms with E-state index >= 15 is 0 Å². The average molecular weight is 347 g/mol. The molecule has 0 saturated carbocycles. The van der Waals surface area contributed by atoms with Gasteiger partial charge in [0.15, 0.2) is 5.78 Å². The predicted octanol–water partition coefficient (Wildman–Crippen LogP) is 2.10. The standard InChI is InChI=1S/C19H29N3O3/c1-5-16-12-22(9-10-25-16)18(6-2)19(24)20-11-15-7-8-17(14(4)23)13(3)21-15/h7-8,16,18H,5-6,9-12H2,1-4H3,(H,20,24)/t16-,18-/m1/s1. The maximum Gasteiger partial charge on any atom is 0.237 e. The first-order chi connectivity index (χ1) is 12.0. The van der Waals surface area contributed by atoms with Gasteiger partial charge in [-0.25, -0.2) is 0 Å². The summed E-state index contributed by atoms with van der Waals surface area (Å²) in [5.41, 5.74) is 2.09. The number of aryl methyl sites for hydroxylation is 1. The minimum absolute atomic E-state index is 0.00410. The summed E-state index contributed by atoms with van der Waals surface area (Å²) in [4.78, 5) is 30.7. The molecule has 1 amide bonds. The van der Waals surface area contributed by atoms with Gasteiger partial charge in [0.1, 0.15) is 0 Å². The summed E-state index contributed by atoms with van der Waals surface area (Å²) >= 11 is 0. The van der Waals surface area contributed by atoms with Gasteiger partial charge in [-0.3, -0.25) is 19.5 Å². The zero-order chi connectivity index (χ0) is 18.4. The Kier molecular flexibility index (Phi) is 7.08. The van der Waals surface area contributed by atoms with Gasteiger partial charge in [0.05, 0.1) is 31.0 Å². The van der Waals surface area contributed by atoms with Gasteiger partial charge in [0.2, 0.25) is 5.91 Å². The lowest BCUT2D eigenvalue weighted by atomic mass is 10.1. The molecule has 1 fully saturated rings. The Labute approximate surface area is 150 Å². The van der Waals surface area contributed by atoms with Crippen LogP contribution < -0.4 is 5.32 Å². The van der Waals surface area contributed by atoms with Crippen LogP contribution in [0.5, 0.6) is 0 Å². The topological polar surface area (TPSA) is 71.5 Å². The highest BCUT2D eigenvalue weighted by Gasteiger charge is 2.29. The molecule has 0 unspecified atom stereocenters. The lowest BCUT2D eigenvalue weighted by Crippen LogP contribution is -2.53.